The number of unbranched alkanes of at least 4 members (excludes halogenated alkanes) is 18. The third kappa shape index (κ3) is 34.4. The first-order valence-electron chi connectivity index (χ1n) is 14.6. The quantitative estimate of drug-likeness (QED) is 0.0517. The van der Waals surface area contributed by atoms with Crippen LogP contribution in [0.5, 0.6) is 0 Å². The lowest BCUT2D eigenvalue weighted by Gasteiger charge is -2.06. The summed E-state index contributed by atoms with van der Waals surface area (Å²) in [7, 11) is -3.74. The van der Waals surface area contributed by atoms with Crippen molar-refractivity contribution in [2.45, 2.75) is 156 Å². The van der Waals surface area contributed by atoms with E-state index in [0.29, 0.717) is 6.42 Å². The fourth-order valence-electron chi connectivity index (χ4n) is 4.04. The van der Waals surface area contributed by atoms with E-state index in [1.807, 2.05) is 0 Å². The van der Waals surface area contributed by atoms with Crippen molar-refractivity contribution in [3.8, 4) is 0 Å². The summed E-state index contributed by atoms with van der Waals surface area (Å²) in [6.45, 7) is 9.23. The van der Waals surface area contributed by atoms with Gasteiger partial charge in [-0.3, -0.25) is 4.18 Å². The highest BCUT2D eigenvalue weighted by Gasteiger charge is 2.10. The van der Waals surface area contributed by atoms with Crippen LogP contribution in [-0.4, -0.2) is 36.8 Å². The summed E-state index contributed by atoms with van der Waals surface area (Å²) < 4.78 is 34.5. The van der Waals surface area contributed by atoms with E-state index in [-0.39, 0.29) is 6.61 Å². The van der Waals surface area contributed by atoms with Crippen LogP contribution in [0, 0.1) is 0 Å². The van der Waals surface area contributed by atoms with E-state index in [1.54, 1.807) is 0 Å². The molecular formula is C28H60O4S2. The molecule has 0 saturated heterocycles. The van der Waals surface area contributed by atoms with Crippen molar-refractivity contribution in [3.05, 3.63) is 0 Å². The Morgan fingerprint density at radius 3 is 1.18 bits per heavy atom. The molecule has 0 saturated carbocycles. The highest BCUT2D eigenvalue weighted by atomic mass is 32.3. The first kappa shape index (κ1) is 36.4. The summed E-state index contributed by atoms with van der Waals surface area (Å²) >= 11 is 0. The average molecular weight is 525 g/mol. The van der Waals surface area contributed by atoms with Crippen molar-refractivity contribution in [3.63, 3.8) is 0 Å². The number of hydrogen-bond donors (Lipinski definition) is 0. The van der Waals surface area contributed by atoms with Gasteiger partial charge in [0.05, 0.1) is 6.61 Å². The molecule has 0 aromatic rings. The van der Waals surface area contributed by atoms with E-state index in [1.165, 1.54) is 126 Å². The van der Waals surface area contributed by atoms with Crippen molar-refractivity contribution in [2.75, 3.05) is 23.9 Å². The summed E-state index contributed by atoms with van der Waals surface area (Å²) in [6.07, 6.45) is 26.4. The van der Waals surface area contributed by atoms with Gasteiger partial charge in [0.25, 0.3) is 0 Å². The van der Waals surface area contributed by atoms with Gasteiger partial charge in [-0.15, -0.1) is 0 Å². The molecule has 0 aromatic carbocycles. The van der Waals surface area contributed by atoms with Crippen LogP contribution in [0.1, 0.15) is 156 Å². The van der Waals surface area contributed by atoms with Gasteiger partial charge in [0.1, 0.15) is 17.3 Å². The lowest BCUT2D eigenvalue weighted by molar-refractivity contribution is 0.255. The normalized spacial score (nSPS) is 11.6. The zero-order valence-corrected chi connectivity index (χ0v) is 25.1. The zero-order chi connectivity index (χ0) is 25.8. The van der Waals surface area contributed by atoms with Gasteiger partial charge in [-0.1, -0.05) is 123 Å². The van der Waals surface area contributed by atoms with Crippen LogP contribution in [0.2, 0.25) is 0 Å². The standard InChI is InChI=1S/C16H35S.C12H26O4S/c1-4-7-8-9-10-11-12-13-14-15-16-17(5-2)6-3;1-2-3-4-5-6-7-8-9-10-11-12-16-17(13,14)15/h4-16H2,1-3H3;2-12H2,1H3,(H,13,14,15)/q+1;/p-1. The lowest BCUT2D eigenvalue weighted by atomic mass is 10.1. The van der Waals surface area contributed by atoms with Crippen molar-refractivity contribution in [2.24, 2.45) is 0 Å². The van der Waals surface area contributed by atoms with Crippen LogP contribution in [-0.2, 0) is 25.5 Å². The SMILES string of the molecule is CCCCCCCCCCCCOS(=O)(=O)[O-].CCCCCCCCCCCC[S+](CC)CC. The molecule has 0 aliphatic heterocycles. The monoisotopic (exact) mass is 524 g/mol. The van der Waals surface area contributed by atoms with Crippen LogP contribution in [0.3, 0.4) is 0 Å². The molecule has 0 radical (unpaired) electrons. The van der Waals surface area contributed by atoms with Crippen LogP contribution in [0.15, 0.2) is 0 Å². The third-order valence-electron chi connectivity index (χ3n) is 6.33. The minimum Gasteiger partial charge on any atom is -0.726 e. The molecular weight excluding hydrogens is 464 g/mol. The zero-order valence-electron chi connectivity index (χ0n) is 23.4. The molecule has 34 heavy (non-hydrogen) atoms. The molecule has 6 heteroatoms. The molecule has 4 nitrogen and oxygen atoms in total. The highest BCUT2D eigenvalue weighted by molar-refractivity contribution is 7.96. The van der Waals surface area contributed by atoms with E-state index in [0.717, 1.165) is 23.7 Å². The smallest absolute Gasteiger partial charge is 0.217 e. The maximum absolute atomic E-state index is 10.1. The van der Waals surface area contributed by atoms with E-state index in [4.69, 9.17) is 0 Å². The van der Waals surface area contributed by atoms with Crippen molar-refractivity contribution >= 4 is 21.3 Å². The molecule has 0 aromatic heterocycles. The first-order chi connectivity index (χ1) is 16.4. The Morgan fingerprint density at radius 2 is 0.853 bits per heavy atom. The first-order valence-corrected chi connectivity index (χ1v) is 17.7. The summed E-state index contributed by atoms with van der Waals surface area (Å²) in [5.41, 5.74) is 0. The molecule has 0 N–H and O–H groups in total. The van der Waals surface area contributed by atoms with Crippen molar-refractivity contribution in [1.82, 2.24) is 0 Å². The van der Waals surface area contributed by atoms with E-state index in [9.17, 15) is 13.0 Å². The maximum Gasteiger partial charge on any atom is 0.217 e. The molecule has 0 aliphatic rings. The second kappa shape index (κ2) is 29.5. The van der Waals surface area contributed by atoms with Gasteiger partial charge >= 0.3 is 0 Å². The largest absolute Gasteiger partial charge is 0.726 e. The van der Waals surface area contributed by atoms with Crippen molar-refractivity contribution in [1.29, 1.82) is 0 Å². The van der Waals surface area contributed by atoms with E-state index in [2.05, 4.69) is 31.9 Å². The Bertz CT molecular complexity index is 465. The predicted molar refractivity (Wildman–Crippen MR) is 153 cm³/mol. The summed E-state index contributed by atoms with van der Waals surface area (Å²) in [5.74, 6) is 4.32. The molecule has 0 rings (SSSR count). The third-order valence-corrected chi connectivity index (χ3v) is 9.28. The molecule has 0 spiro atoms. The molecule has 0 atom stereocenters. The Hall–Kier alpha value is 0.220. The van der Waals surface area contributed by atoms with Gasteiger partial charge in [0.2, 0.25) is 10.4 Å². The van der Waals surface area contributed by atoms with Gasteiger partial charge in [0, 0.05) is 0 Å². The molecule has 0 bridgehead atoms. The van der Waals surface area contributed by atoms with Crippen LogP contribution >= 0.6 is 0 Å². The maximum atomic E-state index is 10.1. The van der Waals surface area contributed by atoms with E-state index >= 15 is 0 Å². The summed E-state index contributed by atoms with van der Waals surface area (Å²) in [6, 6.07) is 0. The van der Waals surface area contributed by atoms with E-state index < -0.39 is 10.4 Å². The van der Waals surface area contributed by atoms with Gasteiger partial charge in [-0.05, 0) is 44.0 Å². The molecule has 0 heterocycles. The van der Waals surface area contributed by atoms with Gasteiger partial charge in [-0.2, -0.15) is 0 Å². The Kier molecular flexibility index (Phi) is 31.5. The van der Waals surface area contributed by atoms with Crippen molar-refractivity contribution < 1.29 is 17.2 Å². The second-order valence-electron chi connectivity index (χ2n) is 9.49. The van der Waals surface area contributed by atoms with Crippen LogP contribution in [0.4, 0.5) is 0 Å². The topological polar surface area (TPSA) is 66.4 Å². The molecule has 0 aliphatic carbocycles. The molecule has 0 unspecified atom stereocenters. The summed E-state index contributed by atoms with van der Waals surface area (Å²) in [5, 5.41) is 0. The predicted octanol–water partition coefficient (Wildman–Crippen LogP) is 8.95. The second-order valence-corrected chi connectivity index (χ2v) is 13.3. The molecule has 208 valence electrons. The van der Waals surface area contributed by atoms with Crippen LogP contribution in [0.25, 0.3) is 0 Å². The van der Waals surface area contributed by atoms with Gasteiger partial charge < -0.3 is 4.55 Å². The highest BCUT2D eigenvalue weighted by Crippen LogP contribution is 2.12. The van der Waals surface area contributed by atoms with Gasteiger partial charge in [-0.25, -0.2) is 8.42 Å². The lowest BCUT2D eigenvalue weighted by Crippen LogP contribution is -2.12. The summed E-state index contributed by atoms with van der Waals surface area (Å²) in [4.78, 5) is 0. The average Bonchev–Trinajstić information content (AvgIpc) is 2.81. The molecule has 0 fully saturated rings. The van der Waals surface area contributed by atoms with Gasteiger partial charge in [0.15, 0.2) is 0 Å². The number of hydrogen-bond acceptors (Lipinski definition) is 4. The Balaban J connectivity index is 0. The minimum absolute atomic E-state index is 0.0301. The van der Waals surface area contributed by atoms with Crippen LogP contribution < -0.4 is 0 Å². The molecule has 0 amide bonds. The Labute approximate surface area is 218 Å². The number of rotatable bonds is 25. The minimum atomic E-state index is -4.48. The fraction of sp³-hybridized carbons (Fsp3) is 1.00. The Morgan fingerprint density at radius 1 is 0.529 bits per heavy atom. The fourth-order valence-corrected chi connectivity index (χ4v) is 5.96.